The molecule has 1 aliphatic carbocycles. The van der Waals surface area contributed by atoms with Crippen LogP contribution in [0.5, 0.6) is 11.5 Å². The van der Waals surface area contributed by atoms with Gasteiger partial charge in [-0.05, 0) is 96.3 Å². The van der Waals surface area contributed by atoms with Crippen LogP contribution < -0.4 is 9.47 Å². The van der Waals surface area contributed by atoms with Crippen molar-refractivity contribution in [1.29, 1.82) is 0 Å². The van der Waals surface area contributed by atoms with Crippen molar-refractivity contribution in [1.82, 2.24) is 0 Å². The van der Waals surface area contributed by atoms with Gasteiger partial charge in [0, 0.05) is 5.56 Å². The number of aryl methyl sites for hydroxylation is 4. The summed E-state index contributed by atoms with van der Waals surface area (Å²) in [6, 6.07) is 18.1. The van der Waals surface area contributed by atoms with Gasteiger partial charge in [0.05, 0.1) is 19.8 Å². The fourth-order valence-corrected chi connectivity index (χ4v) is 4.56. The highest BCUT2D eigenvalue weighted by Gasteiger charge is 2.20. The molecule has 164 valence electrons. The topological polar surface area (TPSA) is 55.8 Å². The third kappa shape index (κ3) is 4.40. The van der Waals surface area contributed by atoms with Crippen molar-refractivity contribution < 1.29 is 19.4 Å². The fraction of sp³-hybridized carbons (Fsp3) is 0.250. The minimum atomic E-state index is -0.877. The SMILES string of the molecule is COc1ccc(OC)c(/C=C2\CCc3cccc(CCc4ccc(C(=O)O)c(C)c4)c32)c1. The molecule has 0 bridgehead atoms. The Kier molecular flexibility index (Phi) is 6.31. The van der Waals surface area contributed by atoms with Crippen molar-refractivity contribution in [3.8, 4) is 11.5 Å². The molecular weight excluding hydrogens is 400 g/mol. The molecule has 0 aromatic heterocycles. The van der Waals surface area contributed by atoms with Gasteiger partial charge in [0.1, 0.15) is 11.5 Å². The van der Waals surface area contributed by atoms with Crippen molar-refractivity contribution in [2.24, 2.45) is 0 Å². The fourth-order valence-electron chi connectivity index (χ4n) is 4.56. The van der Waals surface area contributed by atoms with E-state index in [-0.39, 0.29) is 0 Å². The predicted octanol–water partition coefficient (Wildman–Crippen LogP) is 5.98. The van der Waals surface area contributed by atoms with Gasteiger partial charge in [0.15, 0.2) is 0 Å². The summed E-state index contributed by atoms with van der Waals surface area (Å²) in [5, 5.41) is 9.27. The Morgan fingerprint density at radius 1 is 1.00 bits per heavy atom. The monoisotopic (exact) mass is 428 g/mol. The molecule has 4 rings (SSSR count). The number of carboxylic acids is 1. The van der Waals surface area contributed by atoms with Gasteiger partial charge in [-0.2, -0.15) is 0 Å². The van der Waals surface area contributed by atoms with E-state index in [2.05, 4.69) is 24.3 Å². The van der Waals surface area contributed by atoms with Gasteiger partial charge in [0.2, 0.25) is 0 Å². The minimum Gasteiger partial charge on any atom is -0.497 e. The van der Waals surface area contributed by atoms with E-state index in [9.17, 15) is 9.90 Å². The van der Waals surface area contributed by atoms with E-state index in [1.165, 1.54) is 22.3 Å². The van der Waals surface area contributed by atoms with Crippen LogP contribution in [-0.2, 0) is 19.3 Å². The lowest BCUT2D eigenvalue weighted by molar-refractivity contribution is 0.0696. The Morgan fingerprint density at radius 3 is 2.56 bits per heavy atom. The molecule has 0 saturated carbocycles. The first-order valence-electron chi connectivity index (χ1n) is 10.9. The Hall–Kier alpha value is -3.53. The largest absolute Gasteiger partial charge is 0.497 e. The maximum atomic E-state index is 11.3. The van der Waals surface area contributed by atoms with Crippen LogP contribution in [0.25, 0.3) is 11.6 Å². The predicted molar refractivity (Wildman–Crippen MR) is 128 cm³/mol. The molecule has 1 N–H and O–H groups in total. The zero-order valence-electron chi connectivity index (χ0n) is 18.8. The van der Waals surface area contributed by atoms with Gasteiger partial charge >= 0.3 is 5.97 Å². The van der Waals surface area contributed by atoms with Crippen LogP contribution in [0.1, 0.15) is 50.2 Å². The molecule has 4 nitrogen and oxygen atoms in total. The summed E-state index contributed by atoms with van der Waals surface area (Å²) in [5.41, 5.74) is 8.72. The second-order valence-electron chi connectivity index (χ2n) is 8.18. The zero-order valence-corrected chi connectivity index (χ0v) is 18.8. The number of ether oxygens (including phenoxy) is 2. The van der Waals surface area contributed by atoms with E-state index in [4.69, 9.17) is 9.47 Å². The zero-order chi connectivity index (χ0) is 22.7. The van der Waals surface area contributed by atoms with Crippen LogP contribution in [-0.4, -0.2) is 25.3 Å². The van der Waals surface area contributed by atoms with Gasteiger partial charge in [0.25, 0.3) is 0 Å². The van der Waals surface area contributed by atoms with Crippen molar-refractivity contribution in [2.45, 2.75) is 32.6 Å². The lowest BCUT2D eigenvalue weighted by Gasteiger charge is -2.13. The molecule has 0 saturated heterocycles. The molecule has 4 heteroatoms. The molecule has 0 atom stereocenters. The standard InChI is InChI=1S/C28H28O4/c1-18-15-19(8-13-25(18)28(29)30)7-9-20-5-4-6-21-10-11-22(27(20)21)16-23-17-24(31-2)12-14-26(23)32-3/h4-6,8,12-17H,7,9-11H2,1-3H3,(H,29,30)/b22-16+. The van der Waals surface area contributed by atoms with Crippen molar-refractivity contribution in [2.75, 3.05) is 14.2 Å². The Bertz CT molecular complexity index is 1190. The highest BCUT2D eigenvalue weighted by molar-refractivity contribution is 5.89. The Labute approximate surface area is 189 Å². The first-order chi connectivity index (χ1) is 15.5. The summed E-state index contributed by atoms with van der Waals surface area (Å²) in [4.78, 5) is 11.3. The molecule has 0 unspecified atom stereocenters. The highest BCUT2D eigenvalue weighted by Crippen LogP contribution is 2.38. The number of hydrogen-bond acceptors (Lipinski definition) is 3. The molecule has 3 aromatic carbocycles. The number of methoxy groups -OCH3 is 2. The molecule has 0 amide bonds. The second-order valence-corrected chi connectivity index (χ2v) is 8.18. The van der Waals surface area contributed by atoms with Crippen LogP contribution in [0.3, 0.4) is 0 Å². The van der Waals surface area contributed by atoms with Crippen molar-refractivity contribution in [3.63, 3.8) is 0 Å². The van der Waals surface area contributed by atoms with Crippen LogP contribution >= 0.6 is 0 Å². The number of rotatable bonds is 7. The second kappa shape index (κ2) is 9.31. The van der Waals surface area contributed by atoms with Crippen molar-refractivity contribution >= 4 is 17.6 Å². The summed E-state index contributed by atoms with van der Waals surface area (Å²) >= 11 is 0. The Balaban J connectivity index is 1.63. The van der Waals surface area contributed by atoms with Gasteiger partial charge < -0.3 is 14.6 Å². The highest BCUT2D eigenvalue weighted by atomic mass is 16.5. The molecule has 0 fully saturated rings. The molecular formula is C28H28O4. The van der Waals surface area contributed by atoms with E-state index in [0.717, 1.165) is 53.9 Å². The lowest BCUT2D eigenvalue weighted by atomic mass is 9.93. The summed E-state index contributed by atoms with van der Waals surface area (Å²) in [6.45, 7) is 1.86. The van der Waals surface area contributed by atoms with Gasteiger partial charge in [-0.3, -0.25) is 0 Å². The molecule has 0 aliphatic heterocycles. The molecule has 0 spiro atoms. The quantitative estimate of drug-likeness (QED) is 0.503. The lowest BCUT2D eigenvalue weighted by Crippen LogP contribution is -2.02. The van der Waals surface area contributed by atoms with E-state index >= 15 is 0 Å². The summed E-state index contributed by atoms with van der Waals surface area (Å²) in [5.74, 6) is 0.764. The maximum Gasteiger partial charge on any atom is 0.335 e. The summed E-state index contributed by atoms with van der Waals surface area (Å²) in [6.07, 6.45) is 6.03. The third-order valence-corrected chi connectivity index (χ3v) is 6.19. The number of carbonyl (C=O) groups is 1. The average Bonchev–Trinajstić information content (AvgIpc) is 3.20. The van der Waals surface area contributed by atoms with Gasteiger partial charge in [-0.15, -0.1) is 0 Å². The number of allylic oxidation sites excluding steroid dienone is 1. The number of fused-ring (bicyclic) bond motifs is 1. The number of aromatic carboxylic acids is 1. The molecule has 32 heavy (non-hydrogen) atoms. The number of carboxylic acid groups (broad SMARTS) is 1. The first kappa shape index (κ1) is 21.7. The molecule has 0 radical (unpaired) electrons. The minimum absolute atomic E-state index is 0.367. The van der Waals surface area contributed by atoms with Gasteiger partial charge in [-0.1, -0.05) is 30.3 Å². The Morgan fingerprint density at radius 2 is 1.84 bits per heavy atom. The summed E-state index contributed by atoms with van der Waals surface area (Å²) < 4.78 is 11.0. The molecule has 0 heterocycles. The van der Waals surface area contributed by atoms with Gasteiger partial charge in [-0.25, -0.2) is 4.79 Å². The normalized spacial score (nSPS) is 13.8. The van der Waals surface area contributed by atoms with E-state index < -0.39 is 5.97 Å². The van der Waals surface area contributed by atoms with E-state index in [0.29, 0.717) is 5.56 Å². The first-order valence-corrected chi connectivity index (χ1v) is 10.9. The van der Waals surface area contributed by atoms with Crippen LogP contribution in [0, 0.1) is 6.92 Å². The van der Waals surface area contributed by atoms with E-state index in [1.54, 1.807) is 20.3 Å². The molecule has 1 aliphatic rings. The summed E-state index contributed by atoms with van der Waals surface area (Å²) in [7, 11) is 3.36. The van der Waals surface area contributed by atoms with Crippen molar-refractivity contribution in [3.05, 3.63) is 93.5 Å². The number of benzene rings is 3. The molecule has 3 aromatic rings. The van der Waals surface area contributed by atoms with Crippen LogP contribution in [0.15, 0.2) is 54.6 Å². The van der Waals surface area contributed by atoms with E-state index in [1.807, 2.05) is 37.3 Å². The maximum absolute atomic E-state index is 11.3. The average molecular weight is 429 g/mol. The third-order valence-electron chi connectivity index (χ3n) is 6.19. The van der Waals surface area contributed by atoms with Crippen LogP contribution in [0.4, 0.5) is 0 Å². The number of hydrogen-bond donors (Lipinski definition) is 1. The smallest absolute Gasteiger partial charge is 0.335 e. The van der Waals surface area contributed by atoms with Crippen LogP contribution in [0.2, 0.25) is 0 Å².